The fraction of sp³-hybridized carbons (Fsp3) is 0.300. The molecule has 6 heteroatoms. The van der Waals surface area contributed by atoms with Crippen LogP contribution < -0.4 is 0 Å². The number of benzene rings is 1. The fourth-order valence-electron chi connectivity index (χ4n) is 1.80. The van der Waals surface area contributed by atoms with Gasteiger partial charge in [0, 0.05) is 14.9 Å². The lowest BCUT2D eigenvalue weighted by molar-refractivity contribution is -0.138. The maximum Gasteiger partial charge on any atom is 0.310 e. The van der Waals surface area contributed by atoms with Crippen LogP contribution in [0, 0.1) is 5.92 Å². The lowest BCUT2D eigenvalue weighted by Gasteiger charge is -2.02. The molecule has 2 nitrogen and oxygen atoms in total. The fourth-order valence-corrected chi connectivity index (χ4v) is 3.95. The van der Waals surface area contributed by atoms with Crippen LogP contribution in [0.3, 0.4) is 0 Å². The summed E-state index contributed by atoms with van der Waals surface area (Å²) in [6, 6.07) is 5.53. The first kappa shape index (κ1) is 12.7. The van der Waals surface area contributed by atoms with Crippen molar-refractivity contribution in [1.29, 1.82) is 0 Å². The van der Waals surface area contributed by atoms with Crippen LogP contribution in [-0.2, 0) is 4.79 Å². The number of carbonyl (C=O) groups is 1. The Morgan fingerprint density at radius 3 is 2.12 bits per heavy atom. The number of hydrogen-bond donors (Lipinski definition) is 1. The van der Waals surface area contributed by atoms with Gasteiger partial charge in [-0.1, -0.05) is 55.1 Å². The third-order valence-electron chi connectivity index (χ3n) is 2.56. The van der Waals surface area contributed by atoms with Gasteiger partial charge in [0.05, 0.1) is 5.92 Å². The molecule has 16 heavy (non-hydrogen) atoms. The zero-order chi connectivity index (χ0) is 12.1. The molecule has 1 N–H and O–H groups in total. The van der Waals surface area contributed by atoms with Gasteiger partial charge in [-0.15, -0.1) is 0 Å². The number of carboxylic acid groups (broad SMARTS) is 1. The molecule has 1 aromatic carbocycles. The minimum atomic E-state index is -1.20. The molecule has 1 saturated carbocycles. The largest absolute Gasteiger partial charge is 0.481 e. The first-order valence-electron chi connectivity index (χ1n) is 4.40. The zero-order valence-corrected chi connectivity index (χ0v) is 12.4. The lowest BCUT2D eigenvalue weighted by atomic mass is 10.1. The van der Waals surface area contributed by atoms with Crippen molar-refractivity contribution in [2.45, 2.75) is 10.3 Å². The van der Waals surface area contributed by atoms with Crippen molar-refractivity contribution < 1.29 is 9.90 Å². The first-order valence-corrected chi connectivity index (χ1v) is 6.75. The van der Waals surface area contributed by atoms with Crippen LogP contribution in [0.4, 0.5) is 0 Å². The smallest absolute Gasteiger partial charge is 0.310 e. The van der Waals surface area contributed by atoms with E-state index in [0.717, 1.165) is 14.5 Å². The molecule has 2 rings (SSSR count). The topological polar surface area (TPSA) is 37.3 Å². The van der Waals surface area contributed by atoms with E-state index in [4.69, 9.17) is 28.3 Å². The Morgan fingerprint density at radius 2 is 1.75 bits per heavy atom. The number of aliphatic carboxylic acids is 1. The molecule has 1 aliphatic rings. The van der Waals surface area contributed by atoms with Crippen LogP contribution in [0.25, 0.3) is 0 Å². The van der Waals surface area contributed by atoms with Gasteiger partial charge >= 0.3 is 5.97 Å². The van der Waals surface area contributed by atoms with Gasteiger partial charge in [0.1, 0.15) is 4.33 Å². The molecule has 0 spiro atoms. The highest BCUT2D eigenvalue weighted by atomic mass is 79.9. The van der Waals surface area contributed by atoms with Crippen molar-refractivity contribution in [3.63, 3.8) is 0 Å². The molecule has 0 unspecified atom stereocenters. The molecule has 0 saturated heterocycles. The quantitative estimate of drug-likeness (QED) is 0.771. The summed E-state index contributed by atoms with van der Waals surface area (Å²) in [5.41, 5.74) is 0.818. The van der Waals surface area contributed by atoms with Gasteiger partial charge in [-0.25, -0.2) is 0 Å². The third kappa shape index (κ3) is 2.13. The molecule has 0 amide bonds. The molecule has 0 radical (unpaired) electrons. The van der Waals surface area contributed by atoms with Gasteiger partial charge in [0.2, 0.25) is 0 Å². The number of halogens is 4. The Kier molecular flexibility index (Phi) is 3.30. The molecule has 1 fully saturated rings. The molecular formula is C10H6Br2Cl2O2. The second-order valence-corrected chi connectivity index (χ2v) is 6.95. The summed E-state index contributed by atoms with van der Waals surface area (Å²) in [6.07, 6.45) is 0. The van der Waals surface area contributed by atoms with Gasteiger partial charge in [0.15, 0.2) is 0 Å². The number of carboxylic acids is 1. The van der Waals surface area contributed by atoms with Crippen molar-refractivity contribution in [2.24, 2.45) is 5.92 Å². The highest BCUT2D eigenvalue weighted by Crippen LogP contribution is 2.65. The van der Waals surface area contributed by atoms with Crippen LogP contribution in [0.15, 0.2) is 27.1 Å². The maximum absolute atomic E-state index is 10.9. The minimum absolute atomic E-state index is 0.359. The van der Waals surface area contributed by atoms with E-state index in [-0.39, 0.29) is 5.92 Å². The van der Waals surface area contributed by atoms with Crippen LogP contribution in [0.2, 0.25) is 0 Å². The number of alkyl halides is 2. The summed E-state index contributed by atoms with van der Waals surface area (Å²) in [7, 11) is 0. The molecule has 0 bridgehead atoms. The molecule has 1 aliphatic carbocycles. The van der Waals surface area contributed by atoms with Crippen molar-refractivity contribution in [2.75, 3.05) is 0 Å². The predicted octanol–water partition coefficient (Wildman–Crippen LogP) is 4.18. The second kappa shape index (κ2) is 4.16. The highest BCUT2D eigenvalue weighted by molar-refractivity contribution is 9.11. The molecule has 2 atom stereocenters. The third-order valence-corrected chi connectivity index (χ3v) is 4.42. The van der Waals surface area contributed by atoms with Crippen molar-refractivity contribution in [3.8, 4) is 0 Å². The Labute approximate surface area is 119 Å². The van der Waals surface area contributed by atoms with Crippen LogP contribution in [-0.4, -0.2) is 15.4 Å². The van der Waals surface area contributed by atoms with Crippen LogP contribution in [0.1, 0.15) is 11.5 Å². The van der Waals surface area contributed by atoms with E-state index in [1.165, 1.54) is 0 Å². The van der Waals surface area contributed by atoms with Gasteiger partial charge in [-0.3, -0.25) is 4.79 Å². The number of hydrogen-bond acceptors (Lipinski definition) is 1. The van der Waals surface area contributed by atoms with E-state index in [2.05, 4.69) is 31.9 Å². The van der Waals surface area contributed by atoms with E-state index in [0.29, 0.717) is 0 Å². The summed E-state index contributed by atoms with van der Waals surface area (Å²) < 4.78 is 0.514. The summed E-state index contributed by atoms with van der Waals surface area (Å²) in [6.45, 7) is 0. The van der Waals surface area contributed by atoms with E-state index in [1.807, 2.05) is 18.2 Å². The lowest BCUT2D eigenvalue weighted by Crippen LogP contribution is -2.03. The summed E-state index contributed by atoms with van der Waals surface area (Å²) in [5.74, 6) is -2.06. The van der Waals surface area contributed by atoms with Gasteiger partial charge in [-0.2, -0.15) is 0 Å². The molecule has 0 aromatic heterocycles. The first-order chi connectivity index (χ1) is 7.34. The Bertz CT molecular complexity index is 442. The van der Waals surface area contributed by atoms with Crippen LogP contribution >= 0.6 is 55.1 Å². The van der Waals surface area contributed by atoms with Gasteiger partial charge < -0.3 is 5.11 Å². The Balaban J connectivity index is 2.37. The molecule has 1 aromatic rings. The summed E-state index contributed by atoms with van der Waals surface area (Å²) >= 11 is 18.6. The summed E-state index contributed by atoms with van der Waals surface area (Å²) in [5, 5.41) is 8.97. The molecule has 0 aliphatic heterocycles. The van der Waals surface area contributed by atoms with E-state index < -0.39 is 16.2 Å². The average molecular weight is 389 g/mol. The molecule has 86 valence electrons. The second-order valence-electron chi connectivity index (χ2n) is 3.67. The SMILES string of the molecule is O=C(O)[C@@H]1[C@@H](c2cc(Br)cc(Br)c2)C1(Cl)Cl. The number of rotatable bonds is 2. The summed E-state index contributed by atoms with van der Waals surface area (Å²) in [4.78, 5) is 10.9. The zero-order valence-electron chi connectivity index (χ0n) is 7.75. The van der Waals surface area contributed by atoms with E-state index in [1.54, 1.807) is 0 Å². The molecule has 0 heterocycles. The van der Waals surface area contributed by atoms with Crippen molar-refractivity contribution in [3.05, 3.63) is 32.7 Å². The van der Waals surface area contributed by atoms with Crippen molar-refractivity contribution >= 4 is 61.0 Å². The molecular weight excluding hydrogens is 383 g/mol. The normalized spacial score (nSPS) is 26.5. The van der Waals surface area contributed by atoms with Crippen molar-refractivity contribution in [1.82, 2.24) is 0 Å². The van der Waals surface area contributed by atoms with E-state index >= 15 is 0 Å². The Morgan fingerprint density at radius 1 is 1.25 bits per heavy atom. The monoisotopic (exact) mass is 386 g/mol. The highest BCUT2D eigenvalue weighted by Gasteiger charge is 2.68. The minimum Gasteiger partial charge on any atom is -0.481 e. The Hall–Kier alpha value is 0.230. The van der Waals surface area contributed by atoms with Crippen LogP contribution in [0.5, 0.6) is 0 Å². The standard InChI is InChI=1S/C10H6Br2Cl2O2/c11-5-1-4(2-6(12)3-5)7-8(9(15)16)10(7,13)14/h1-3,7-8H,(H,15,16)/t7-,8+/m1/s1. The predicted molar refractivity (Wildman–Crippen MR) is 70.1 cm³/mol. The van der Waals surface area contributed by atoms with Gasteiger partial charge in [0.25, 0.3) is 0 Å². The average Bonchev–Trinajstić information content (AvgIpc) is 2.67. The van der Waals surface area contributed by atoms with E-state index in [9.17, 15) is 4.79 Å². The maximum atomic E-state index is 10.9. The van der Waals surface area contributed by atoms with Gasteiger partial charge in [-0.05, 0) is 23.8 Å².